The Morgan fingerprint density at radius 1 is 1.04 bits per heavy atom. The Balaban J connectivity index is 1.45. The number of aromatic hydroxyl groups is 1. The summed E-state index contributed by atoms with van der Waals surface area (Å²) in [6, 6.07) is 16.0. The largest absolute Gasteiger partial charge is 0.493 e. The molecular weight excluding hydrogens is 426 g/mol. The summed E-state index contributed by atoms with van der Waals surface area (Å²) in [4.78, 5) is 7.28. The first-order chi connectivity index (χ1) is 13.1. The zero-order chi connectivity index (χ0) is 18.8. The lowest BCUT2D eigenvalue weighted by atomic mass is 10.2. The van der Waals surface area contributed by atoms with E-state index < -0.39 is 0 Å². The molecule has 0 bridgehead atoms. The highest BCUT2D eigenvalue weighted by Crippen LogP contribution is 2.39. The third kappa shape index (κ3) is 3.68. The van der Waals surface area contributed by atoms with Crippen LogP contribution in [0, 0.1) is 0 Å². The molecule has 2 aromatic carbocycles. The van der Waals surface area contributed by atoms with E-state index in [0.29, 0.717) is 10.8 Å². The number of thiocarbonyl (C=S) groups is 1. The van der Waals surface area contributed by atoms with Gasteiger partial charge in [-0.2, -0.15) is 0 Å². The lowest BCUT2D eigenvalue weighted by Gasteiger charge is -2.36. The number of hydrogen-bond donors (Lipinski definition) is 2. The third-order valence-corrected chi connectivity index (χ3v) is 5.64. The van der Waals surface area contributed by atoms with Crippen LogP contribution in [0.15, 0.2) is 63.2 Å². The molecule has 2 heterocycles. The molecule has 0 unspecified atom stereocenters. The van der Waals surface area contributed by atoms with Crippen LogP contribution < -0.4 is 4.90 Å². The smallest absolute Gasteiger partial charge is 0.218 e. The maximum Gasteiger partial charge on any atom is 0.218 e. The average Bonchev–Trinajstić information content (AvgIpc) is 3.03. The number of fused-ring (bicyclic) bond motifs is 1. The molecular formula is C19H18BrN5OS. The van der Waals surface area contributed by atoms with Gasteiger partial charge in [0.15, 0.2) is 5.69 Å². The quantitative estimate of drug-likeness (QED) is 0.439. The van der Waals surface area contributed by atoms with E-state index in [0.717, 1.165) is 41.6 Å². The van der Waals surface area contributed by atoms with Gasteiger partial charge in [0.2, 0.25) is 11.0 Å². The third-order valence-electron chi connectivity index (χ3n) is 4.63. The normalized spacial score (nSPS) is 15.0. The average molecular weight is 444 g/mol. The van der Waals surface area contributed by atoms with Crippen LogP contribution in [0.1, 0.15) is 0 Å². The van der Waals surface area contributed by atoms with Crippen LogP contribution in [0.4, 0.5) is 11.4 Å². The van der Waals surface area contributed by atoms with Crippen molar-refractivity contribution in [2.24, 2.45) is 10.2 Å². The zero-order valence-corrected chi connectivity index (χ0v) is 16.9. The predicted molar refractivity (Wildman–Crippen MR) is 115 cm³/mol. The van der Waals surface area contributed by atoms with Crippen molar-refractivity contribution in [3.8, 4) is 5.88 Å². The molecule has 3 aromatic rings. The Labute approximate surface area is 170 Å². The summed E-state index contributed by atoms with van der Waals surface area (Å²) in [5.74, 6) is -0.0163. The number of halogens is 1. The number of nitrogens with zero attached hydrogens (tertiary/aromatic N) is 4. The van der Waals surface area contributed by atoms with Crippen LogP contribution in [-0.4, -0.2) is 46.3 Å². The number of piperazine rings is 1. The Bertz CT molecular complexity index is 996. The highest BCUT2D eigenvalue weighted by atomic mass is 79.9. The second kappa shape index (κ2) is 7.66. The molecule has 6 nitrogen and oxygen atoms in total. The van der Waals surface area contributed by atoms with Crippen molar-refractivity contribution in [1.82, 2.24) is 9.88 Å². The molecule has 0 saturated carbocycles. The van der Waals surface area contributed by atoms with Gasteiger partial charge in [0.25, 0.3) is 0 Å². The fourth-order valence-corrected chi connectivity index (χ4v) is 4.00. The van der Waals surface area contributed by atoms with E-state index in [1.807, 2.05) is 41.3 Å². The fourth-order valence-electron chi connectivity index (χ4n) is 3.22. The molecule has 27 heavy (non-hydrogen) atoms. The molecule has 8 heteroatoms. The number of azo groups is 1. The molecule has 0 aliphatic carbocycles. The SMILES string of the molecule is Oc1[nH]c2cccc(Br)c2c1N=NC(=S)N1CCN(c2ccccc2)CC1. The van der Waals surface area contributed by atoms with E-state index in [1.54, 1.807) is 0 Å². The van der Waals surface area contributed by atoms with Gasteiger partial charge in [-0.3, -0.25) is 0 Å². The maximum absolute atomic E-state index is 10.1. The number of para-hydroxylation sites is 1. The summed E-state index contributed by atoms with van der Waals surface area (Å²) < 4.78 is 0.841. The lowest BCUT2D eigenvalue weighted by Crippen LogP contribution is -2.47. The number of anilines is 1. The van der Waals surface area contributed by atoms with E-state index in [1.165, 1.54) is 5.69 Å². The molecule has 2 N–H and O–H groups in total. The molecule has 1 aliphatic heterocycles. The van der Waals surface area contributed by atoms with Crippen LogP contribution in [-0.2, 0) is 0 Å². The number of rotatable bonds is 2. The molecule has 4 rings (SSSR count). The fraction of sp³-hybridized carbons (Fsp3) is 0.211. The Morgan fingerprint density at radius 2 is 1.78 bits per heavy atom. The summed E-state index contributed by atoms with van der Waals surface area (Å²) in [5, 5.41) is 19.8. The van der Waals surface area contributed by atoms with Crippen molar-refractivity contribution >= 4 is 55.5 Å². The molecule has 0 radical (unpaired) electrons. The predicted octanol–water partition coefficient (Wildman–Crippen LogP) is 4.83. The van der Waals surface area contributed by atoms with E-state index in [9.17, 15) is 5.11 Å². The van der Waals surface area contributed by atoms with Gasteiger partial charge >= 0.3 is 0 Å². The van der Waals surface area contributed by atoms with E-state index in [2.05, 4.69) is 48.2 Å². The first kappa shape index (κ1) is 17.9. The van der Waals surface area contributed by atoms with Crippen molar-refractivity contribution in [2.45, 2.75) is 0 Å². The van der Waals surface area contributed by atoms with Gasteiger partial charge in [-0.1, -0.05) is 40.2 Å². The van der Waals surface area contributed by atoms with Gasteiger partial charge in [-0.25, -0.2) is 0 Å². The minimum atomic E-state index is -0.0163. The lowest BCUT2D eigenvalue weighted by molar-refractivity contribution is 0.387. The number of benzene rings is 2. The second-order valence-electron chi connectivity index (χ2n) is 6.28. The van der Waals surface area contributed by atoms with Gasteiger partial charge < -0.3 is 19.9 Å². The van der Waals surface area contributed by atoms with E-state index in [-0.39, 0.29) is 5.88 Å². The van der Waals surface area contributed by atoms with Crippen molar-refractivity contribution in [3.05, 3.63) is 53.0 Å². The number of aromatic nitrogens is 1. The first-order valence-electron chi connectivity index (χ1n) is 8.63. The molecule has 1 fully saturated rings. The molecule has 1 saturated heterocycles. The topological polar surface area (TPSA) is 67.2 Å². The number of H-pyrrole nitrogens is 1. The minimum Gasteiger partial charge on any atom is -0.493 e. The molecule has 0 atom stereocenters. The Kier molecular flexibility index (Phi) is 5.09. The van der Waals surface area contributed by atoms with Gasteiger partial charge in [-0.05, 0) is 36.5 Å². The van der Waals surface area contributed by atoms with E-state index in [4.69, 9.17) is 12.2 Å². The van der Waals surface area contributed by atoms with Crippen LogP contribution >= 0.6 is 28.1 Å². The zero-order valence-electron chi connectivity index (χ0n) is 14.5. The van der Waals surface area contributed by atoms with Crippen LogP contribution in [0.2, 0.25) is 0 Å². The highest BCUT2D eigenvalue weighted by Gasteiger charge is 2.19. The summed E-state index contributed by atoms with van der Waals surface area (Å²) >= 11 is 8.94. The second-order valence-corrected chi connectivity index (χ2v) is 7.50. The van der Waals surface area contributed by atoms with Gasteiger partial charge in [0.05, 0.1) is 5.52 Å². The van der Waals surface area contributed by atoms with Crippen LogP contribution in [0.5, 0.6) is 5.88 Å². The van der Waals surface area contributed by atoms with Gasteiger partial charge in [-0.15, -0.1) is 10.2 Å². The monoisotopic (exact) mass is 443 g/mol. The van der Waals surface area contributed by atoms with Gasteiger partial charge in [0, 0.05) is 41.7 Å². The summed E-state index contributed by atoms with van der Waals surface area (Å²) in [5.41, 5.74) is 2.40. The Hall–Kier alpha value is -2.45. The first-order valence-corrected chi connectivity index (χ1v) is 9.83. The van der Waals surface area contributed by atoms with Crippen molar-refractivity contribution in [1.29, 1.82) is 0 Å². The standard InChI is InChI=1S/C19H18BrN5OS/c20-14-7-4-8-15-16(14)17(18(26)21-15)22-23-19(27)25-11-9-24(10-12-25)13-5-2-1-3-6-13/h1-8,21,26H,9-12H2. The maximum atomic E-state index is 10.1. The van der Waals surface area contributed by atoms with Crippen LogP contribution in [0.3, 0.4) is 0 Å². The molecule has 1 aliphatic rings. The minimum absolute atomic E-state index is 0.0163. The molecule has 0 spiro atoms. The highest BCUT2D eigenvalue weighted by molar-refractivity contribution is 9.10. The summed E-state index contributed by atoms with van der Waals surface area (Å²) in [6.07, 6.45) is 0. The van der Waals surface area contributed by atoms with Crippen molar-refractivity contribution in [2.75, 3.05) is 31.1 Å². The number of hydrogen-bond acceptors (Lipinski definition) is 4. The number of nitrogens with one attached hydrogen (secondary N) is 1. The molecule has 0 amide bonds. The molecule has 1 aromatic heterocycles. The molecule has 138 valence electrons. The van der Waals surface area contributed by atoms with Crippen LogP contribution in [0.25, 0.3) is 10.9 Å². The summed E-state index contributed by atoms with van der Waals surface area (Å²) in [6.45, 7) is 3.33. The summed E-state index contributed by atoms with van der Waals surface area (Å²) in [7, 11) is 0. The Morgan fingerprint density at radius 3 is 2.52 bits per heavy atom. The number of aromatic amines is 1. The van der Waals surface area contributed by atoms with Gasteiger partial charge in [0.1, 0.15) is 0 Å². The van der Waals surface area contributed by atoms with Crippen molar-refractivity contribution in [3.63, 3.8) is 0 Å². The van der Waals surface area contributed by atoms with E-state index >= 15 is 0 Å². The van der Waals surface area contributed by atoms with Crippen molar-refractivity contribution < 1.29 is 5.11 Å².